The first-order valence-corrected chi connectivity index (χ1v) is 12.6. The minimum absolute atomic E-state index is 0.920. The number of anilines is 2. The number of aromatic nitrogens is 3. The lowest BCUT2D eigenvalue weighted by atomic mass is 10.1. The molecule has 1 fully saturated rings. The molecule has 3 aromatic carbocycles. The number of benzene rings is 3. The Bertz CT molecular complexity index is 1530. The Morgan fingerprint density at radius 3 is 2.25 bits per heavy atom. The van der Waals surface area contributed by atoms with E-state index in [1.54, 1.807) is 6.33 Å². The molecule has 0 atom stereocenters. The van der Waals surface area contributed by atoms with E-state index in [4.69, 9.17) is 9.97 Å². The van der Waals surface area contributed by atoms with Crippen molar-refractivity contribution < 1.29 is 0 Å². The molecule has 0 aliphatic carbocycles. The summed E-state index contributed by atoms with van der Waals surface area (Å²) in [5, 5.41) is 1.12. The van der Waals surface area contributed by atoms with Crippen LogP contribution in [0.2, 0.25) is 0 Å². The SMILES string of the molecule is Cc1cccc(-n2cc(-c3ccccc3)c3c(N4CCN(c5cccc(C)c5C)CC4)ncnc32)c1. The number of aryl methyl sites for hydroxylation is 2. The van der Waals surface area contributed by atoms with E-state index in [0.29, 0.717) is 0 Å². The molecule has 180 valence electrons. The molecular weight excluding hydrogens is 442 g/mol. The summed E-state index contributed by atoms with van der Waals surface area (Å²) in [5.41, 5.74) is 9.70. The van der Waals surface area contributed by atoms with Crippen molar-refractivity contribution in [2.24, 2.45) is 0 Å². The quantitative estimate of drug-likeness (QED) is 0.305. The van der Waals surface area contributed by atoms with Crippen molar-refractivity contribution >= 4 is 22.5 Å². The average molecular weight is 474 g/mol. The first-order valence-electron chi connectivity index (χ1n) is 12.6. The van der Waals surface area contributed by atoms with Gasteiger partial charge in [-0.05, 0) is 61.2 Å². The molecule has 0 saturated carbocycles. The standard InChI is InChI=1S/C31H31N5/c1-22-9-7-13-26(19-22)36-20-27(25-11-5-4-6-12-25)29-30(32-21-33-31(29)36)35-17-15-34(16-18-35)28-14-8-10-23(2)24(28)3/h4-14,19-21H,15-18H2,1-3H3. The molecule has 0 amide bonds. The first-order chi connectivity index (χ1) is 17.6. The fraction of sp³-hybridized carbons (Fsp3) is 0.226. The number of rotatable bonds is 4. The van der Waals surface area contributed by atoms with Gasteiger partial charge in [-0.1, -0.05) is 54.6 Å². The zero-order chi connectivity index (χ0) is 24.6. The monoisotopic (exact) mass is 473 g/mol. The summed E-state index contributed by atoms with van der Waals surface area (Å²) in [5.74, 6) is 1.02. The molecule has 0 spiro atoms. The Hall–Kier alpha value is -4.12. The summed E-state index contributed by atoms with van der Waals surface area (Å²) in [4.78, 5) is 14.6. The maximum absolute atomic E-state index is 4.85. The van der Waals surface area contributed by atoms with Crippen LogP contribution in [-0.4, -0.2) is 40.7 Å². The van der Waals surface area contributed by atoms with Gasteiger partial charge in [0.25, 0.3) is 0 Å². The van der Waals surface area contributed by atoms with E-state index >= 15 is 0 Å². The Morgan fingerprint density at radius 2 is 1.47 bits per heavy atom. The number of piperazine rings is 1. The minimum atomic E-state index is 0.920. The fourth-order valence-electron chi connectivity index (χ4n) is 5.33. The predicted octanol–water partition coefficient (Wildman–Crippen LogP) is 6.34. The molecule has 2 aromatic heterocycles. The molecule has 0 radical (unpaired) electrons. The highest BCUT2D eigenvalue weighted by atomic mass is 15.3. The third-order valence-corrected chi connectivity index (χ3v) is 7.42. The summed E-state index contributed by atoms with van der Waals surface area (Å²) in [6, 6.07) is 25.8. The van der Waals surface area contributed by atoms with Crippen LogP contribution in [0.25, 0.3) is 27.8 Å². The number of fused-ring (bicyclic) bond motifs is 1. The van der Waals surface area contributed by atoms with Gasteiger partial charge in [-0.25, -0.2) is 9.97 Å². The molecule has 1 aliphatic rings. The Kier molecular flexibility index (Phi) is 5.68. The maximum atomic E-state index is 4.85. The van der Waals surface area contributed by atoms with Gasteiger partial charge in [-0.3, -0.25) is 0 Å². The highest BCUT2D eigenvalue weighted by molar-refractivity contribution is 6.02. The lowest BCUT2D eigenvalue weighted by molar-refractivity contribution is 0.647. The van der Waals surface area contributed by atoms with Crippen LogP contribution in [0.5, 0.6) is 0 Å². The van der Waals surface area contributed by atoms with E-state index in [1.807, 2.05) is 0 Å². The van der Waals surface area contributed by atoms with E-state index in [-0.39, 0.29) is 0 Å². The van der Waals surface area contributed by atoms with E-state index in [2.05, 4.69) is 114 Å². The van der Waals surface area contributed by atoms with Crippen molar-refractivity contribution in [2.45, 2.75) is 20.8 Å². The highest BCUT2D eigenvalue weighted by Gasteiger charge is 2.25. The van der Waals surface area contributed by atoms with Crippen molar-refractivity contribution in [3.05, 3.63) is 102 Å². The molecule has 5 heteroatoms. The number of hydrogen-bond acceptors (Lipinski definition) is 4. The zero-order valence-electron chi connectivity index (χ0n) is 21.1. The molecular formula is C31H31N5. The molecule has 36 heavy (non-hydrogen) atoms. The number of nitrogens with zero attached hydrogens (tertiary/aromatic N) is 5. The fourth-order valence-corrected chi connectivity index (χ4v) is 5.33. The van der Waals surface area contributed by atoms with Crippen LogP contribution < -0.4 is 9.80 Å². The predicted molar refractivity (Wildman–Crippen MR) is 149 cm³/mol. The van der Waals surface area contributed by atoms with Crippen molar-refractivity contribution in [2.75, 3.05) is 36.0 Å². The van der Waals surface area contributed by atoms with Gasteiger partial charge < -0.3 is 14.4 Å². The summed E-state index contributed by atoms with van der Waals surface area (Å²) < 4.78 is 2.21. The largest absolute Gasteiger partial charge is 0.368 e. The summed E-state index contributed by atoms with van der Waals surface area (Å²) in [6.07, 6.45) is 3.94. The molecule has 0 N–H and O–H groups in total. The maximum Gasteiger partial charge on any atom is 0.150 e. The van der Waals surface area contributed by atoms with E-state index < -0.39 is 0 Å². The molecule has 1 saturated heterocycles. The summed E-state index contributed by atoms with van der Waals surface area (Å²) in [6.45, 7) is 10.3. The van der Waals surface area contributed by atoms with Crippen molar-refractivity contribution in [3.63, 3.8) is 0 Å². The summed E-state index contributed by atoms with van der Waals surface area (Å²) in [7, 11) is 0. The van der Waals surface area contributed by atoms with Gasteiger partial charge in [0, 0.05) is 49.3 Å². The van der Waals surface area contributed by atoms with Crippen LogP contribution in [0, 0.1) is 20.8 Å². The molecule has 5 aromatic rings. The first kappa shape index (κ1) is 22.4. The molecule has 0 bridgehead atoms. The Labute approximate surface area is 212 Å². The topological polar surface area (TPSA) is 37.2 Å². The van der Waals surface area contributed by atoms with Gasteiger partial charge in [0.1, 0.15) is 12.1 Å². The Balaban J connectivity index is 1.42. The average Bonchev–Trinajstić information content (AvgIpc) is 3.31. The molecule has 3 heterocycles. The second kappa shape index (κ2) is 9.15. The van der Waals surface area contributed by atoms with Crippen molar-refractivity contribution in [3.8, 4) is 16.8 Å². The summed E-state index contributed by atoms with van der Waals surface area (Å²) >= 11 is 0. The van der Waals surface area contributed by atoms with Crippen LogP contribution >= 0.6 is 0 Å². The van der Waals surface area contributed by atoms with Gasteiger partial charge in [-0.15, -0.1) is 0 Å². The Morgan fingerprint density at radius 1 is 0.722 bits per heavy atom. The second-order valence-electron chi connectivity index (χ2n) is 9.71. The van der Waals surface area contributed by atoms with Gasteiger partial charge in [0.15, 0.2) is 5.65 Å². The van der Waals surface area contributed by atoms with E-state index in [9.17, 15) is 0 Å². The van der Waals surface area contributed by atoms with Gasteiger partial charge >= 0.3 is 0 Å². The molecule has 1 aliphatic heterocycles. The van der Waals surface area contributed by atoms with Crippen LogP contribution in [0.1, 0.15) is 16.7 Å². The highest BCUT2D eigenvalue weighted by Crippen LogP contribution is 2.37. The van der Waals surface area contributed by atoms with Crippen molar-refractivity contribution in [1.29, 1.82) is 0 Å². The van der Waals surface area contributed by atoms with E-state index in [1.165, 1.54) is 33.5 Å². The van der Waals surface area contributed by atoms with Crippen LogP contribution in [0.4, 0.5) is 11.5 Å². The van der Waals surface area contributed by atoms with Gasteiger partial charge in [0.05, 0.1) is 5.39 Å². The molecule has 5 nitrogen and oxygen atoms in total. The van der Waals surface area contributed by atoms with Gasteiger partial charge in [0.2, 0.25) is 0 Å². The second-order valence-corrected chi connectivity index (χ2v) is 9.71. The zero-order valence-corrected chi connectivity index (χ0v) is 21.1. The lowest BCUT2D eigenvalue weighted by Crippen LogP contribution is -2.47. The lowest BCUT2D eigenvalue weighted by Gasteiger charge is -2.37. The smallest absolute Gasteiger partial charge is 0.150 e. The molecule has 6 rings (SSSR count). The third-order valence-electron chi connectivity index (χ3n) is 7.42. The van der Waals surface area contributed by atoms with E-state index in [0.717, 1.165) is 48.7 Å². The van der Waals surface area contributed by atoms with Crippen molar-refractivity contribution in [1.82, 2.24) is 14.5 Å². The molecule has 0 unspecified atom stereocenters. The number of hydrogen-bond donors (Lipinski definition) is 0. The van der Waals surface area contributed by atoms with Crippen LogP contribution in [-0.2, 0) is 0 Å². The normalized spacial score (nSPS) is 14.0. The van der Waals surface area contributed by atoms with Crippen LogP contribution in [0.15, 0.2) is 85.3 Å². The van der Waals surface area contributed by atoms with Crippen LogP contribution in [0.3, 0.4) is 0 Å². The minimum Gasteiger partial charge on any atom is -0.368 e. The van der Waals surface area contributed by atoms with Gasteiger partial charge in [-0.2, -0.15) is 0 Å². The third kappa shape index (κ3) is 3.91.